The predicted octanol–water partition coefficient (Wildman–Crippen LogP) is 3.43. The maximum absolute atomic E-state index is 12.2. The summed E-state index contributed by atoms with van der Waals surface area (Å²) in [7, 11) is 0. The standard InChI is InChI=1S/C19H24N2O3S/c1-14-5-7-15(8-6-14)19-21-17(13-25-19)18(22)20-9-3-10-23-12-16-4-2-11-24-16/h5-8,13,16H,2-4,9-12H2,1H3,(H,20,22). The number of carbonyl (C=O) groups is 1. The minimum atomic E-state index is -0.131. The van der Waals surface area contributed by atoms with Gasteiger partial charge in [-0.2, -0.15) is 0 Å². The maximum Gasteiger partial charge on any atom is 0.270 e. The Morgan fingerprint density at radius 1 is 1.40 bits per heavy atom. The molecule has 1 N–H and O–H groups in total. The molecule has 1 aromatic carbocycles. The summed E-state index contributed by atoms with van der Waals surface area (Å²) in [5, 5.41) is 5.57. The van der Waals surface area contributed by atoms with Crippen molar-refractivity contribution in [1.82, 2.24) is 10.3 Å². The number of ether oxygens (including phenoxy) is 2. The second-order valence-corrected chi connectivity index (χ2v) is 7.08. The van der Waals surface area contributed by atoms with E-state index in [4.69, 9.17) is 9.47 Å². The highest BCUT2D eigenvalue weighted by Gasteiger charge is 2.15. The number of carbonyl (C=O) groups excluding carboxylic acids is 1. The van der Waals surface area contributed by atoms with Gasteiger partial charge in [-0.05, 0) is 26.2 Å². The second kappa shape index (κ2) is 9.08. The van der Waals surface area contributed by atoms with Crippen LogP contribution in [0.2, 0.25) is 0 Å². The molecular weight excluding hydrogens is 336 g/mol. The largest absolute Gasteiger partial charge is 0.379 e. The molecule has 25 heavy (non-hydrogen) atoms. The molecule has 1 atom stereocenters. The van der Waals surface area contributed by atoms with Crippen LogP contribution in [0.3, 0.4) is 0 Å². The quantitative estimate of drug-likeness (QED) is 0.733. The van der Waals surface area contributed by atoms with Gasteiger partial charge in [0.2, 0.25) is 0 Å². The number of benzene rings is 1. The minimum absolute atomic E-state index is 0.131. The predicted molar refractivity (Wildman–Crippen MR) is 99.0 cm³/mol. The molecule has 0 aliphatic carbocycles. The average Bonchev–Trinajstić information content (AvgIpc) is 3.30. The summed E-state index contributed by atoms with van der Waals surface area (Å²) in [6, 6.07) is 8.16. The van der Waals surface area contributed by atoms with E-state index in [1.165, 1.54) is 16.9 Å². The molecule has 134 valence electrons. The zero-order valence-electron chi connectivity index (χ0n) is 14.5. The first-order chi connectivity index (χ1) is 12.2. The molecule has 1 fully saturated rings. The van der Waals surface area contributed by atoms with Crippen molar-refractivity contribution in [2.45, 2.75) is 32.3 Å². The van der Waals surface area contributed by atoms with Crippen LogP contribution in [0.5, 0.6) is 0 Å². The van der Waals surface area contributed by atoms with Crippen LogP contribution < -0.4 is 5.32 Å². The lowest BCUT2D eigenvalue weighted by Gasteiger charge is -2.10. The molecule has 0 radical (unpaired) electrons. The smallest absolute Gasteiger partial charge is 0.270 e. The van der Waals surface area contributed by atoms with Crippen molar-refractivity contribution in [3.05, 3.63) is 40.9 Å². The van der Waals surface area contributed by atoms with Crippen molar-refractivity contribution in [2.75, 3.05) is 26.4 Å². The minimum Gasteiger partial charge on any atom is -0.379 e. The molecule has 1 unspecified atom stereocenters. The van der Waals surface area contributed by atoms with Crippen LogP contribution in [0.25, 0.3) is 10.6 Å². The Kier molecular flexibility index (Phi) is 6.55. The topological polar surface area (TPSA) is 60.5 Å². The molecule has 1 aliphatic rings. The van der Waals surface area contributed by atoms with Crippen molar-refractivity contribution in [1.29, 1.82) is 0 Å². The van der Waals surface area contributed by atoms with Gasteiger partial charge in [-0.3, -0.25) is 4.79 Å². The first kappa shape index (κ1) is 18.0. The van der Waals surface area contributed by atoms with Crippen LogP contribution in [0.1, 0.15) is 35.3 Å². The van der Waals surface area contributed by atoms with Gasteiger partial charge in [0.05, 0.1) is 12.7 Å². The lowest BCUT2D eigenvalue weighted by molar-refractivity contribution is 0.0166. The summed E-state index contributed by atoms with van der Waals surface area (Å²) in [5.74, 6) is -0.131. The zero-order chi connectivity index (χ0) is 17.5. The lowest BCUT2D eigenvalue weighted by Crippen LogP contribution is -2.26. The third-order valence-corrected chi connectivity index (χ3v) is 5.01. The fourth-order valence-electron chi connectivity index (χ4n) is 2.66. The monoisotopic (exact) mass is 360 g/mol. The van der Waals surface area contributed by atoms with Gasteiger partial charge in [0.15, 0.2) is 0 Å². The van der Waals surface area contributed by atoms with Gasteiger partial charge < -0.3 is 14.8 Å². The van der Waals surface area contributed by atoms with Crippen molar-refractivity contribution in [2.24, 2.45) is 0 Å². The molecule has 0 bridgehead atoms. The van der Waals surface area contributed by atoms with Gasteiger partial charge >= 0.3 is 0 Å². The fourth-order valence-corrected chi connectivity index (χ4v) is 3.47. The number of hydrogen-bond acceptors (Lipinski definition) is 5. The van der Waals surface area contributed by atoms with E-state index >= 15 is 0 Å². The average molecular weight is 360 g/mol. The van der Waals surface area contributed by atoms with Crippen LogP contribution in [0.4, 0.5) is 0 Å². The van der Waals surface area contributed by atoms with E-state index < -0.39 is 0 Å². The van der Waals surface area contributed by atoms with Gasteiger partial charge in [0.1, 0.15) is 10.7 Å². The number of nitrogens with zero attached hydrogens (tertiary/aromatic N) is 1. The highest BCUT2D eigenvalue weighted by Crippen LogP contribution is 2.23. The summed E-state index contributed by atoms with van der Waals surface area (Å²) >= 11 is 1.49. The lowest BCUT2D eigenvalue weighted by atomic mass is 10.2. The molecule has 0 saturated carbocycles. The third kappa shape index (κ3) is 5.36. The summed E-state index contributed by atoms with van der Waals surface area (Å²) in [4.78, 5) is 16.6. The van der Waals surface area contributed by atoms with Crippen molar-refractivity contribution >= 4 is 17.2 Å². The Morgan fingerprint density at radius 2 is 2.24 bits per heavy atom. The fraction of sp³-hybridized carbons (Fsp3) is 0.474. The van der Waals surface area contributed by atoms with E-state index in [1.807, 2.05) is 24.3 Å². The first-order valence-corrected chi connectivity index (χ1v) is 9.60. The maximum atomic E-state index is 12.2. The van der Waals surface area contributed by atoms with Gasteiger partial charge in [-0.15, -0.1) is 11.3 Å². The molecule has 3 rings (SSSR count). The first-order valence-electron chi connectivity index (χ1n) is 8.72. The van der Waals surface area contributed by atoms with Crippen LogP contribution in [-0.4, -0.2) is 43.4 Å². The molecular formula is C19H24N2O3S. The molecule has 2 heterocycles. The van der Waals surface area contributed by atoms with Gasteiger partial charge in [-0.25, -0.2) is 4.98 Å². The highest BCUT2D eigenvalue weighted by molar-refractivity contribution is 7.13. The Balaban J connectivity index is 1.37. The number of aromatic nitrogens is 1. The highest BCUT2D eigenvalue weighted by atomic mass is 32.1. The van der Waals surface area contributed by atoms with Crippen molar-refractivity contribution in [3.63, 3.8) is 0 Å². The number of hydrogen-bond donors (Lipinski definition) is 1. The van der Waals surface area contributed by atoms with E-state index in [-0.39, 0.29) is 12.0 Å². The SMILES string of the molecule is Cc1ccc(-c2nc(C(=O)NCCCOCC3CCCO3)cs2)cc1. The Bertz CT molecular complexity index is 678. The number of nitrogens with one attached hydrogen (secondary N) is 1. The molecule has 0 spiro atoms. The van der Waals surface area contributed by atoms with Crippen LogP contribution in [0, 0.1) is 6.92 Å². The number of amides is 1. The Labute approximate surface area is 152 Å². The molecule has 6 heteroatoms. The van der Waals surface area contributed by atoms with E-state index in [9.17, 15) is 4.79 Å². The zero-order valence-corrected chi connectivity index (χ0v) is 15.3. The van der Waals surface area contributed by atoms with E-state index in [0.717, 1.165) is 36.4 Å². The molecule has 1 saturated heterocycles. The third-order valence-electron chi connectivity index (χ3n) is 4.11. The van der Waals surface area contributed by atoms with Crippen LogP contribution in [-0.2, 0) is 9.47 Å². The van der Waals surface area contributed by atoms with E-state index in [2.05, 4.69) is 17.2 Å². The molecule has 5 nitrogen and oxygen atoms in total. The second-order valence-electron chi connectivity index (χ2n) is 6.22. The molecule has 1 aromatic heterocycles. The summed E-state index contributed by atoms with van der Waals surface area (Å²) in [6.07, 6.45) is 3.25. The Morgan fingerprint density at radius 3 is 3.00 bits per heavy atom. The Hall–Kier alpha value is -1.76. The summed E-state index contributed by atoms with van der Waals surface area (Å²) in [6.45, 7) is 4.77. The normalized spacial score (nSPS) is 16.9. The summed E-state index contributed by atoms with van der Waals surface area (Å²) < 4.78 is 11.1. The van der Waals surface area contributed by atoms with Crippen molar-refractivity contribution in [3.8, 4) is 10.6 Å². The van der Waals surface area contributed by atoms with Crippen LogP contribution >= 0.6 is 11.3 Å². The van der Waals surface area contributed by atoms with Crippen LogP contribution in [0.15, 0.2) is 29.6 Å². The van der Waals surface area contributed by atoms with E-state index in [1.54, 1.807) is 5.38 Å². The van der Waals surface area contributed by atoms with Gasteiger partial charge in [-0.1, -0.05) is 29.8 Å². The van der Waals surface area contributed by atoms with E-state index in [0.29, 0.717) is 25.5 Å². The summed E-state index contributed by atoms with van der Waals surface area (Å²) in [5.41, 5.74) is 2.72. The van der Waals surface area contributed by atoms with Gasteiger partial charge in [0, 0.05) is 30.7 Å². The number of rotatable bonds is 8. The number of thiazole rings is 1. The van der Waals surface area contributed by atoms with Crippen molar-refractivity contribution < 1.29 is 14.3 Å². The van der Waals surface area contributed by atoms with Gasteiger partial charge in [0.25, 0.3) is 5.91 Å². The molecule has 2 aromatic rings. The molecule has 1 amide bonds. The molecule has 1 aliphatic heterocycles. The number of aryl methyl sites for hydroxylation is 1.